The molecule has 2 atom stereocenters. The lowest BCUT2D eigenvalue weighted by atomic mass is 10.1. The van der Waals surface area contributed by atoms with Crippen LogP contribution in [-0.2, 0) is 4.79 Å². The highest BCUT2D eigenvalue weighted by molar-refractivity contribution is 6.30. The van der Waals surface area contributed by atoms with Gasteiger partial charge in [0.25, 0.3) is 0 Å². The summed E-state index contributed by atoms with van der Waals surface area (Å²) in [7, 11) is 1.58. The molecule has 1 aromatic rings. The van der Waals surface area contributed by atoms with Crippen LogP contribution in [0.5, 0.6) is 5.75 Å². The van der Waals surface area contributed by atoms with Gasteiger partial charge in [-0.15, -0.1) is 0 Å². The number of benzene rings is 1. The van der Waals surface area contributed by atoms with Crippen molar-refractivity contribution in [2.45, 2.75) is 24.9 Å². The minimum Gasteiger partial charge on any atom is -0.497 e. The Hall–Kier alpha value is -1.26. The van der Waals surface area contributed by atoms with Crippen LogP contribution in [-0.4, -0.2) is 24.2 Å². The zero-order valence-electron chi connectivity index (χ0n) is 9.44. The van der Waals surface area contributed by atoms with Gasteiger partial charge in [-0.25, -0.2) is 0 Å². The first-order valence-corrected chi connectivity index (χ1v) is 5.81. The van der Waals surface area contributed by atoms with Gasteiger partial charge in [0.05, 0.1) is 7.11 Å². The highest BCUT2D eigenvalue weighted by atomic mass is 35.5. The van der Waals surface area contributed by atoms with Crippen molar-refractivity contribution in [3.05, 3.63) is 28.8 Å². The molecule has 1 aliphatic rings. The van der Waals surface area contributed by atoms with Gasteiger partial charge in [0.15, 0.2) is 0 Å². The van der Waals surface area contributed by atoms with Crippen LogP contribution in [0.1, 0.15) is 24.4 Å². The number of hydrogen-bond donors (Lipinski definition) is 2. The third-order valence-electron chi connectivity index (χ3n) is 2.98. The number of rotatable bonds is 3. The second-order valence-corrected chi connectivity index (χ2v) is 4.55. The maximum Gasteiger partial charge on any atom is 0.320 e. The minimum atomic E-state index is -0.804. The average Bonchev–Trinajstić information content (AvgIpc) is 2.77. The van der Waals surface area contributed by atoms with Gasteiger partial charge in [0.2, 0.25) is 0 Å². The van der Waals surface area contributed by atoms with Crippen LogP contribution in [0.15, 0.2) is 18.2 Å². The van der Waals surface area contributed by atoms with E-state index >= 15 is 0 Å². The topological polar surface area (TPSA) is 58.6 Å². The molecule has 1 aromatic carbocycles. The number of halogens is 1. The number of methoxy groups -OCH3 is 1. The summed E-state index contributed by atoms with van der Waals surface area (Å²) in [5.74, 6) is -0.116. The normalized spacial score (nSPS) is 23.6. The van der Waals surface area contributed by atoms with E-state index in [0.29, 0.717) is 17.2 Å². The molecule has 2 rings (SSSR count). The molecule has 0 aliphatic carbocycles. The second-order valence-electron chi connectivity index (χ2n) is 4.11. The van der Waals surface area contributed by atoms with Crippen LogP contribution < -0.4 is 10.1 Å². The van der Waals surface area contributed by atoms with Crippen molar-refractivity contribution in [1.29, 1.82) is 0 Å². The monoisotopic (exact) mass is 255 g/mol. The molecule has 2 N–H and O–H groups in total. The number of aliphatic carboxylic acids is 1. The zero-order valence-corrected chi connectivity index (χ0v) is 10.2. The summed E-state index contributed by atoms with van der Waals surface area (Å²) in [6, 6.07) is 5.02. The van der Waals surface area contributed by atoms with Crippen LogP contribution in [0.2, 0.25) is 5.02 Å². The summed E-state index contributed by atoms with van der Waals surface area (Å²) in [6.45, 7) is 0. The highest BCUT2D eigenvalue weighted by Crippen LogP contribution is 2.31. The second kappa shape index (κ2) is 4.94. The Morgan fingerprint density at radius 2 is 2.24 bits per heavy atom. The Bertz CT molecular complexity index is 436. The molecule has 0 spiro atoms. The number of carboxylic acids is 1. The first-order chi connectivity index (χ1) is 8.10. The van der Waals surface area contributed by atoms with E-state index in [2.05, 4.69) is 5.32 Å². The van der Waals surface area contributed by atoms with E-state index in [9.17, 15) is 4.79 Å². The molecule has 1 heterocycles. The van der Waals surface area contributed by atoms with Gasteiger partial charge in [-0.3, -0.25) is 10.1 Å². The molecule has 1 fully saturated rings. The Balaban J connectivity index is 2.18. The lowest BCUT2D eigenvalue weighted by molar-refractivity contribution is -0.139. The van der Waals surface area contributed by atoms with Gasteiger partial charge in [-0.2, -0.15) is 0 Å². The molecule has 17 heavy (non-hydrogen) atoms. The molecule has 0 bridgehead atoms. The molecule has 0 saturated carbocycles. The van der Waals surface area contributed by atoms with Crippen molar-refractivity contribution >= 4 is 17.6 Å². The summed E-state index contributed by atoms with van der Waals surface area (Å²) < 4.78 is 5.14. The van der Waals surface area contributed by atoms with Gasteiger partial charge in [-0.1, -0.05) is 11.6 Å². The Morgan fingerprint density at radius 1 is 1.47 bits per heavy atom. The molecule has 0 amide bonds. The van der Waals surface area contributed by atoms with Gasteiger partial charge in [0, 0.05) is 11.1 Å². The summed E-state index contributed by atoms with van der Waals surface area (Å²) in [5, 5.41) is 12.6. The van der Waals surface area contributed by atoms with E-state index in [1.54, 1.807) is 13.2 Å². The molecule has 0 radical (unpaired) electrons. The lowest BCUT2D eigenvalue weighted by Crippen LogP contribution is -2.31. The molecule has 92 valence electrons. The van der Waals surface area contributed by atoms with Crippen LogP contribution in [0.25, 0.3) is 0 Å². The predicted molar refractivity (Wildman–Crippen MR) is 64.5 cm³/mol. The Labute approximate surface area is 105 Å². The Morgan fingerprint density at radius 3 is 2.82 bits per heavy atom. The van der Waals surface area contributed by atoms with Crippen molar-refractivity contribution < 1.29 is 14.6 Å². The first kappa shape index (κ1) is 12.2. The summed E-state index contributed by atoms with van der Waals surface area (Å²) in [5.41, 5.74) is 0.970. The first-order valence-electron chi connectivity index (χ1n) is 5.43. The predicted octanol–water partition coefficient (Wildman–Crippen LogP) is 2.23. The highest BCUT2D eigenvalue weighted by Gasteiger charge is 2.29. The molecule has 5 heteroatoms. The van der Waals surface area contributed by atoms with Gasteiger partial charge >= 0.3 is 5.97 Å². The molecule has 4 nitrogen and oxygen atoms in total. The van der Waals surface area contributed by atoms with Crippen molar-refractivity contribution in [3.8, 4) is 5.75 Å². The number of ether oxygens (including phenoxy) is 1. The molecule has 1 aliphatic heterocycles. The zero-order chi connectivity index (χ0) is 12.4. The third kappa shape index (κ3) is 2.70. The average molecular weight is 256 g/mol. The fourth-order valence-corrected chi connectivity index (χ4v) is 2.34. The van der Waals surface area contributed by atoms with Gasteiger partial charge < -0.3 is 9.84 Å². The summed E-state index contributed by atoms with van der Waals surface area (Å²) >= 11 is 5.98. The number of carbonyl (C=O) groups is 1. The molecular weight excluding hydrogens is 242 g/mol. The Kier molecular flexibility index (Phi) is 3.54. The van der Waals surface area contributed by atoms with Crippen molar-refractivity contribution in [2.75, 3.05) is 7.11 Å². The molecule has 2 unspecified atom stereocenters. The van der Waals surface area contributed by atoms with Crippen LogP contribution in [0.4, 0.5) is 0 Å². The standard InChI is InChI=1S/C12H14ClNO3/c1-17-9-5-7(4-8(13)6-9)10-2-3-11(14-10)12(15)16/h4-6,10-11,14H,2-3H2,1H3,(H,15,16). The van der Waals surface area contributed by atoms with E-state index < -0.39 is 12.0 Å². The van der Waals surface area contributed by atoms with Crippen LogP contribution >= 0.6 is 11.6 Å². The SMILES string of the molecule is COc1cc(Cl)cc(C2CCC(C(=O)O)N2)c1. The molecular formula is C12H14ClNO3. The minimum absolute atomic E-state index is 0.0312. The number of nitrogens with one attached hydrogen (secondary N) is 1. The largest absolute Gasteiger partial charge is 0.497 e. The van der Waals surface area contributed by atoms with Crippen LogP contribution in [0.3, 0.4) is 0 Å². The fourth-order valence-electron chi connectivity index (χ4n) is 2.10. The summed E-state index contributed by atoms with van der Waals surface area (Å²) in [6.07, 6.45) is 1.43. The quantitative estimate of drug-likeness (QED) is 0.870. The molecule has 1 saturated heterocycles. The molecule has 0 aromatic heterocycles. The smallest absolute Gasteiger partial charge is 0.320 e. The number of carboxylic acid groups (broad SMARTS) is 1. The summed E-state index contributed by atoms with van der Waals surface area (Å²) in [4.78, 5) is 10.9. The van der Waals surface area contributed by atoms with E-state index in [4.69, 9.17) is 21.4 Å². The van der Waals surface area contributed by atoms with Gasteiger partial charge in [0.1, 0.15) is 11.8 Å². The van der Waals surface area contributed by atoms with E-state index in [-0.39, 0.29) is 6.04 Å². The van der Waals surface area contributed by atoms with Crippen molar-refractivity contribution in [1.82, 2.24) is 5.32 Å². The van der Waals surface area contributed by atoms with Crippen molar-refractivity contribution in [2.24, 2.45) is 0 Å². The third-order valence-corrected chi connectivity index (χ3v) is 3.19. The fraction of sp³-hybridized carbons (Fsp3) is 0.417. The van der Waals surface area contributed by atoms with E-state index in [0.717, 1.165) is 12.0 Å². The van der Waals surface area contributed by atoms with Crippen molar-refractivity contribution in [3.63, 3.8) is 0 Å². The van der Waals surface area contributed by atoms with E-state index in [1.165, 1.54) is 0 Å². The lowest BCUT2D eigenvalue weighted by Gasteiger charge is -2.14. The maximum absolute atomic E-state index is 10.9. The maximum atomic E-state index is 10.9. The van der Waals surface area contributed by atoms with E-state index in [1.807, 2.05) is 12.1 Å². The van der Waals surface area contributed by atoms with Gasteiger partial charge in [-0.05, 0) is 36.6 Å². The number of hydrogen-bond acceptors (Lipinski definition) is 3. The van der Waals surface area contributed by atoms with Crippen LogP contribution in [0, 0.1) is 0 Å².